The molecule has 0 nitrogen and oxygen atoms in total. The minimum atomic E-state index is 0.397. The number of hydrogen-bond acceptors (Lipinski definition) is 0. The summed E-state index contributed by atoms with van der Waals surface area (Å²) in [5.41, 5.74) is 0.825. The maximum atomic E-state index is 2.48. The average Bonchev–Trinajstić information content (AvgIpc) is 2.00. The third-order valence-corrected chi connectivity index (χ3v) is 3.82. The van der Waals surface area contributed by atoms with Gasteiger partial charge in [0.1, 0.15) is 0 Å². The molecule has 0 aliphatic heterocycles. The van der Waals surface area contributed by atoms with Gasteiger partial charge in [-0.1, -0.05) is 60.6 Å². The van der Waals surface area contributed by atoms with Gasteiger partial charge in [0.05, 0.1) is 0 Å². The summed E-state index contributed by atoms with van der Waals surface area (Å²) in [6.45, 7) is 16.6. The maximum Gasteiger partial charge on any atom is -0.0151 e. The Morgan fingerprint density at radius 1 is 0.867 bits per heavy atom. The fourth-order valence-corrected chi connectivity index (χ4v) is 2.85. The van der Waals surface area contributed by atoms with Crippen LogP contribution in [0.15, 0.2) is 12.2 Å². The zero-order valence-electron chi connectivity index (χ0n) is 11.6. The molecule has 0 fully saturated rings. The van der Waals surface area contributed by atoms with Gasteiger partial charge in [0, 0.05) is 0 Å². The maximum absolute atomic E-state index is 2.48. The molecule has 0 bridgehead atoms. The Kier molecular flexibility index (Phi) is 3.38. The molecule has 2 unspecified atom stereocenters. The van der Waals surface area contributed by atoms with Crippen LogP contribution in [-0.2, 0) is 0 Å². The average molecular weight is 208 g/mol. The lowest BCUT2D eigenvalue weighted by molar-refractivity contribution is 0.0806. The van der Waals surface area contributed by atoms with Crippen molar-refractivity contribution >= 4 is 0 Å². The molecule has 0 amide bonds. The molecule has 15 heavy (non-hydrogen) atoms. The summed E-state index contributed by atoms with van der Waals surface area (Å²) in [5.74, 6) is 2.30. The second kappa shape index (κ2) is 3.96. The molecular weight excluding hydrogens is 180 g/mol. The van der Waals surface area contributed by atoms with E-state index in [1.54, 1.807) is 0 Å². The van der Waals surface area contributed by atoms with Crippen LogP contribution in [0.2, 0.25) is 0 Å². The fraction of sp³-hybridized carbons (Fsp3) is 0.867. The van der Waals surface area contributed by atoms with E-state index in [1.165, 1.54) is 6.42 Å². The lowest BCUT2D eigenvalue weighted by Crippen LogP contribution is -2.37. The summed E-state index contributed by atoms with van der Waals surface area (Å²) in [5, 5.41) is 0. The number of rotatable bonds is 0. The Balaban J connectivity index is 2.97. The zero-order valence-corrected chi connectivity index (χ0v) is 11.6. The molecular formula is C15H28. The van der Waals surface area contributed by atoms with Gasteiger partial charge in [-0.05, 0) is 35.0 Å². The van der Waals surface area contributed by atoms with Crippen LogP contribution in [0.3, 0.4) is 0 Å². The molecule has 0 aromatic rings. The van der Waals surface area contributed by atoms with Crippen molar-refractivity contribution in [3.8, 4) is 0 Å². The predicted molar refractivity (Wildman–Crippen MR) is 68.8 cm³/mol. The Bertz CT molecular complexity index is 234. The monoisotopic (exact) mass is 208 g/mol. The van der Waals surface area contributed by atoms with E-state index in [1.807, 2.05) is 0 Å². The van der Waals surface area contributed by atoms with Crippen molar-refractivity contribution in [3.63, 3.8) is 0 Å². The van der Waals surface area contributed by atoms with Gasteiger partial charge in [0.15, 0.2) is 0 Å². The van der Waals surface area contributed by atoms with Crippen molar-refractivity contribution in [2.24, 2.45) is 28.6 Å². The summed E-state index contributed by atoms with van der Waals surface area (Å²) < 4.78 is 0. The van der Waals surface area contributed by atoms with Gasteiger partial charge in [0.2, 0.25) is 0 Å². The highest BCUT2D eigenvalue weighted by molar-refractivity contribution is 5.06. The van der Waals surface area contributed by atoms with Crippen LogP contribution < -0.4 is 0 Å². The molecule has 0 N–H and O–H groups in total. The van der Waals surface area contributed by atoms with Crippen molar-refractivity contribution < 1.29 is 0 Å². The Morgan fingerprint density at radius 2 is 1.40 bits per heavy atom. The summed E-state index contributed by atoms with van der Waals surface area (Å²) in [7, 11) is 0. The number of allylic oxidation sites excluding steroid dienone is 2. The van der Waals surface area contributed by atoms with Crippen LogP contribution in [0.5, 0.6) is 0 Å². The van der Waals surface area contributed by atoms with Gasteiger partial charge in [-0.2, -0.15) is 0 Å². The van der Waals surface area contributed by atoms with E-state index < -0.39 is 0 Å². The first kappa shape index (κ1) is 12.8. The SMILES string of the molecule is C[C@@H]1C=CC(C(C)(C)C)C(C(C)(C)C)C1. The summed E-state index contributed by atoms with van der Waals surface area (Å²) in [6.07, 6.45) is 6.24. The molecule has 88 valence electrons. The standard InChI is InChI=1S/C15H28/c1-11-8-9-12(14(2,3)4)13(10-11)15(5,6)7/h8-9,11-13H,10H2,1-7H3/t11-,12?,13?/m1/s1. The van der Waals surface area contributed by atoms with Crippen molar-refractivity contribution in [1.82, 2.24) is 0 Å². The zero-order chi connectivity index (χ0) is 11.9. The first-order valence-corrected chi connectivity index (χ1v) is 6.30. The van der Waals surface area contributed by atoms with Gasteiger partial charge in [-0.25, -0.2) is 0 Å². The van der Waals surface area contributed by atoms with Crippen molar-refractivity contribution in [2.75, 3.05) is 0 Å². The first-order valence-electron chi connectivity index (χ1n) is 6.30. The van der Waals surface area contributed by atoms with Crippen LogP contribution in [0.25, 0.3) is 0 Å². The van der Waals surface area contributed by atoms with Gasteiger partial charge in [-0.15, -0.1) is 0 Å². The van der Waals surface area contributed by atoms with Crippen molar-refractivity contribution in [2.45, 2.75) is 54.9 Å². The quantitative estimate of drug-likeness (QED) is 0.496. The topological polar surface area (TPSA) is 0 Å². The van der Waals surface area contributed by atoms with Crippen LogP contribution in [-0.4, -0.2) is 0 Å². The lowest BCUT2D eigenvalue weighted by atomic mass is 9.60. The molecule has 0 aromatic carbocycles. The lowest BCUT2D eigenvalue weighted by Gasteiger charge is -2.45. The molecule has 1 rings (SSSR count). The Labute approximate surface area is 96.2 Å². The first-order chi connectivity index (χ1) is 6.62. The van der Waals surface area contributed by atoms with E-state index in [2.05, 4.69) is 60.6 Å². The molecule has 0 spiro atoms. The summed E-state index contributed by atoms with van der Waals surface area (Å²) >= 11 is 0. The third-order valence-electron chi connectivity index (χ3n) is 3.82. The van der Waals surface area contributed by atoms with Crippen LogP contribution in [0.4, 0.5) is 0 Å². The minimum Gasteiger partial charge on any atom is -0.0854 e. The van der Waals surface area contributed by atoms with Gasteiger partial charge in [-0.3, -0.25) is 0 Å². The highest BCUT2D eigenvalue weighted by atomic mass is 14.4. The Morgan fingerprint density at radius 3 is 1.80 bits per heavy atom. The second-order valence-corrected chi connectivity index (χ2v) is 7.46. The highest BCUT2D eigenvalue weighted by Crippen LogP contribution is 2.47. The van der Waals surface area contributed by atoms with E-state index in [-0.39, 0.29) is 0 Å². The molecule has 0 saturated carbocycles. The van der Waals surface area contributed by atoms with Crippen LogP contribution in [0.1, 0.15) is 54.9 Å². The molecule has 1 aliphatic carbocycles. The fourth-order valence-electron chi connectivity index (χ4n) is 2.85. The highest BCUT2D eigenvalue weighted by Gasteiger charge is 2.39. The van der Waals surface area contributed by atoms with E-state index in [4.69, 9.17) is 0 Å². The minimum absolute atomic E-state index is 0.397. The van der Waals surface area contributed by atoms with Gasteiger partial charge < -0.3 is 0 Å². The number of hydrogen-bond donors (Lipinski definition) is 0. The molecule has 3 atom stereocenters. The van der Waals surface area contributed by atoms with E-state index in [0.29, 0.717) is 10.8 Å². The molecule has 0 aromatic heterocycles. The molecule has 1 aliphatic rings. The van der Waals surface area contributed by atoms with E-state index >= 15 is 0 Å². The third kappa shape index (κ3) is 3.09. The molecule has 0 heteroatoms. The van der Waals surface area contributed by atoms with Gasteiger partial charge in [0.25, 0.3) is 0 Å². The van der Waals surface area contributed by atoms with Crippen molar-refractivity contribution in [1.29, 1.82) is 0 Å². The van der Waals surface area contributed by atoms with Gasteiger partial charge >= 0.3 is 0 Å². The van der Waals surface area contributed by atoms with E-state index in [0.717, 1.165) is 17.8 Å². The Hall–Kier alpha value is -0.260. The smallest absolute Gasteiger partial charge is 0.0151 e. The normalized spacial score (nSPS) is 33.1. The molecule has 0 radical (unpaired) electrons. The van der Waals surface area contributed by atoms with Crippen LogP contribution in [0, 0.1) is 28.6 Å². The van der Waals surface area contributed by atoms with E-state index in [9.17, 15) is 0 Å². The molecule has 0 saturated heterocycles. The van der Waals surface area contributed by atoms with Crippen LogP contribution >= 0.6 is 0 Å². The summed E-state index contributed by atoms with van der Waals surface area (Å²) in [6, 6.07) is 0. The summed E-state index contributed by atoms with van der Waals surface area (Å²) in [4.78, 5) is 0. The predicted octanol–water partition coefficient (Wildman–Crippen LogP) is 4.91. The second-order valence-electron chi connectivity index (χ2n) is 7.46. The molecule has 0 heterocycles. The van der Waals surface area contributed by atoms with Crippen molar-refractivity contribution in [3.05, 3.63) is 12.2 Å². The largest absolute Gasteiger partial charge is 0.0854 e.